The lowest BCUT2D eigenvalue weighted by molar-refractivity contribution is -0.136. The number of aliphatic hydroxyl groups excluding tert-OH is 1. The molecule has 1 aromatic heterocycles. The number of phenolic OH excluding ortho intramolecular Hbond substituents is 1. The van der Waals surface area contributed by atoms with Gasteiger partial charge in [-0.05, 0) is 114 Å². The number of aromatic hydroxyl groups is 1. The molecule has 21 nitrogen and oxygen atoms in total. The van der Waals surface area contributed by atoms with Gasteiger partial charge in [0, 0.05) is 47.8 Å². The van der Waals surface area contributed by atoms with Crippen molar-refractivity contribution in [3.05, 3.63) is 185 Å². The molecular formula is C66H78ClN11O10. The fourth-order valence-electron chi connectivity index (χ4n) is 10.2. The van der Waals surface area contributed by atoms with Crippen molar-refractivity contribution < 1.29 is 48.6 Å². The first kappa shape index (κ1) is 66.4. The summed E-state index contributed by atoms with van der Waals surface area (Å²) in [4.78, 5) is 117. The molecule has 1 heterocycles. The fraction of sp³-hybridized carbons (Fsp3) is 0.333. The largest absolute Gasteiger partial charge is 0.508 e. The van der Waals surface area contributed by atoms with Gasteiger partial charge in [-0.3, -0.25) is 38.4 Å². The van der Waals surface area contributed by atoms with E-state index in [1.54, 1.807) is 86.8 Å². The molecule has 0 bridgehead atoms. The van der Waals surface area contributed by atoms with Gasteiger partial charge in [0.2, 0.25) is 47.3 Å². The van der Waals surface area contributed by atoms with Gasteiger partial charge in [0.15, 0.2) is 0 Å². The van der Waals surface area contributed by atoms with Gasteiger partial charge in [-0.1, -0.05) is 141 Å². The second-order valence-electron chi connectivity index (χ2n) is 22.4. The Hall–Kier alpha value is -9.15. The van der Waals surface area contributed by atoms with Gasteiger partial charge in [0.05, 0.1) is 12.1 Å². The first-order chi connectivity index (χ1) is 42.1. The normalized spacial score (nSPS) is 14.4. The van der Waals surface area contributed by atoms with E-state index in [0.717, 1.165) is 27.2 Å². The number of amides is 8. The number of nitrogens with two attached hydrogens (primary N) is 3. The van der Waals surface area contributed by atoms with Crippen LogP contribution in [0.25, 0.3) is 21.7 Å². The summed E-state index contributed by atoms with van der Waals surface area (Å²) in [5.74, 6) is -7.04. The van der Waals surface area contributed by atoms with Gasteiger partial charge >= 0.3 is 0 Å². The van der Waals surface area contributed by atoms with E-state index in [1.807, 2.05) is 66.7 Å². The van der Waals surface area contributed by atoms with Crippen molar-refractivity contribution in [2.24, 2.45) is 23.1 Å². The molecule has 0 aliphatic carbocycles. The molecule has 88 heavy (non-hydrogen) atoms. The lowest BCUT2D eigenvalue weighted by atomic mass is 9.99. The Morgan fingerprint density at radius 2 is 0.977 bits per heavy atom. The van der Waals surface area contributed by atoms with Crippen molar-refractivity contribution in [3.63, 3.8) is 0 Å². The van der Waals surface area contributed by atoms with Crippen LogP contribution in [0.5, 0.6) is 5.75 Å². The van der Waals surface area contributed by atoms with E-state index < -0.39 is 108 Å². The molecule has 0 fully saturated rings. The first-order valence-corrected chi connectivity index (χ1v) is 29.7. The Labute approximate surface area is 515 Å². The molecular weight excluding hydrogens is 1140 g/mol. The predicted octanol–water partition coefficient (Wildman–Crippen LogP) is 3.57. The van der Waals surface area contributed by atoms with Gasteiger partial charge in [-0.2, -0.15) is 0 Å². The lowest BCUT2D eigenvalue weighted by Crippen LogP contribution is -2.62. The molecule has 8 amide bonds. The monoisotopic (exact) mass is 1220 g/mol. The number of carbonyl (C=O) groups excluding carboxylic acids is 8. The number of para-hydroxylation sites is 1. The van der Waals surface area contributed by atoms with E-state index in [0.29, 0.717) is 40.1 Å². The number of hydrogen-bond donors (Lipinski definition) is 13. The number of benzene rings is 6. The van der Waals surface area contributed by atoms with E-state index in [9.17, 15) is 39.0 Å². The highest BCUT2D eigenvalue weighted by molar-refractivity contribution is 6.30. The van der Waals surface area contributed by atoms with E-state index in [2.05, 4.69) is 42.2 Å². The Bertz CT molecular complexity index is 3530. The van der Waals surface area contributed by atoms with E-state index in [-0.39, 0.29) is 50.8 Å². The Morgan fingerprint density at radius 1 is 0.500 bits per heavy atom. The number of primary amides is 1. The zero-order valence-corrected chi connectivity index (χ0v) is 50.1. The van der Waals surface area contributed by atoms with Gasteiger partial charge < -0.3 is 69.6 Å². The zero-order chi connectivity index (χ0) is 63.4. The van der Waals surface area contributed by atoms with Crippen molar-refractivity contribution in [2.45, 2.75) is 127 Å². The molecule has 7 rings (SSSR count). The number of rotatable bonds is 31. The summed E-state index contributed by atoms with van der Waals surface area (Å²) in [5, 5.41) is 42.9. The summed E-state index contributed by atoms with van der Waals surface area (Å²) in [6, 6.07) is 31.6. The standard InChI is InChI=1S/C66H78ClN11O10/c1-38(2)57(66(88)76-55(33-40-13-5-4-6-14-40)65(87)78-58(39(3)79)59(70)81)77-61(83)52(19-11-12-30-68)72-64(86)56(36-46-37-71-51-18-10-9-17-49(46)51)75-63(85)54(35-42-23-28-48(80)29-24-42)74-62(84)53(34-41-21-26-47(67)27-22-41)73-60(82)50(69)32-43-20-25-44-15-7-8-16-45(44)31-43/h4-10,13-18,20-29,31,37-39,50,52-58,71,79-80H,11-12,19,30,32-36,68-69H2,1-3H3,(H2,70,81)(H,72,86)(H,73,82)(H,74,84)(H,75,85)(H,76,88)(H,77,83)(H,78,87)/t39-,50+,52+,53+,54+,55+,56+,57+,58+/m1/s1. The Kier molecular flexibility index (Phi) is 24.1. The number of aromatic amines is 1. The molecule has 22 heteroatoms. The highest BCUT2D eigenvalue weighted by atomic mass is 35.5. The van der Waals surface area contributed by atoms with E-state index >= 15 is 9.59 Å². The minimum atomic E-state index is -1.48. The van der Waals surface area contributed by atoms with Gasteiger partial charge in [-0.25, -0.2) is 0 Å². The molecule has 0 saturated carbocycles. The molecule has 0 saturated heterocycles. The van der Waals surface area contributed by atoms with Crippen LogP contribution in [-0.2, 0) is 70.5 Å². The fourth-order valence-corrected chi connectivity index (χ4v) is 10.4. The van der Waals surface area contributed by atoms with E-state index in [4.69, 9.17) is 28.8 Å². The SMILES string of the molecule is CC(C)[C@H](NC(=O)[C@H](CCCCN)NC(=O)[C@H](Cc1c[nH]c2ccccc12)NC(=O)[C@H](Cc1ccc(O)cc1)NC(=O)[C@H](Cc1ccc(Cl)cc1)NC(=O)[C@@H](N)Cc1ccc2ccccc2c1)C(=O)N[C@@H](Cc1ccccc1)C(=O)N[C@H](C(N)=O)[C@@H](C)O. The molecule has 0 aliphatic rings. The molecule has 0 radical (unpaired) electrons. The molecule has 6 aromatic carbocycles. The number of aliphatic hydroxyl groups is 1. The summed E-state index contributed by atoms with van der Waals surface area (Å²) >= 11 is 6.24. The predicted molar refractivity (Wildman–Crippen MR) is 337 cm³/mol. The molecule has 464 valence electrons. The maximum absolute atomic E-state index is 15.1. The van der Waals surface area contributed by atoms with Crippen molar-refractivity contribution in [1.29, 1.82) is 0 Å². The van der Waals surface area contributed by atoms with E-state index in [1.165, 1.54) is 19.1 Å². The van der Waals surface area contributed by atoms with Crippen molar-refractivity contribution in [1.82, 2.24) is 42.2 Å². The number of phenols is 1. The zero-order valence-electron chi connectivity index (χ0n) is 49.3. The third kappa shape index (κ3) is 19.2. The number of unbranched alkanes of at least 4 members (excludes halogenated alkanes) is 1. The Balaban J connectivity index is 1.16. The second-order valence-corrected chi connectivity index (χ2v) is 22.8. The smallest absolute Gasteiger partial charge is 0.243 e. The quantitative estimate of drug-likeness (QED) is 0.0278. The van der Waals surface area contributed by atoms with Gasteiger partial charge in [-0.15, -0.1) is 0 Å². The summed E-state index contributed by atoms with van der Waals surface area (Å²) in [6.07, 6.45) is 0.921. The average molecular weight is 1220 g/mol. The maximum atomic E-state index is 15.1. The summed E-state index contributed by atoms with van der Waals surface area (Å²) in [6.45, 7) is 4.88. The van der Waals surface area contributed by atoms with Crippen molar-refractivity contribution in [2.75, 3.05) is 6.54 Å². The van der Waals surface area contributed by atoms with Crippen LogP contribution in [0.1, 0.15) is 67.9 Å². The number of H-pyrrole nitrogens is 1. The number of nitrogens with one attached hydrogen (secondary N) is 8. The third-order valence-electron chi connectivity index (χ3n) is 15.2. The number of hydrogen-bond acceptors (Lipinski definition) is 12. The van der Waals surface area contributed by atoms with Crippen LogP contribution in [0.15, 0.2) is 152 Å². The van der Waals surface area contributed by atoms with Crippen LogP contribution < -0.4 is 54.4 Å². The van der Waals surface area contributed by atoms with Gasteiger partial charge in [0.25, 0.3) is 0 Å². The van der Waals surface area contributed by atoms with Crippen LogP contribution in [-0.4, -0.2) is 123 Å². The second kappa shape index (κ2) is 32.0. The lowest BCUT2D eigenvalue weighted by Gasteiger charge is -2.29. The topological polar surface area (TPSA) is 355 Å². The maximum Gasteiger partial charge on any atom is 0.243 e. The summed E-state index contributed by atoms with van der Waals surface area (Å²) in [7, 11) is 0. The molecule has 16 N–H and O–H groups in total. The highest BCUT2D eigenvalue weighted by Gasteiger charge is 2.36. The molecule has 0 spiro atoms. The third-order valence-corrected chi connectivity index (χ3v) is 15.4. The number of fused-ring (bicyclic) bond motifs is 2. The van der Waals surface area contributed by atoms with Crippen molar-refractivity contribution in [3.8, 4) is 5.75 Å². The Morgan fingerprint density at radius 3 is 1.57 bits per heavy atom. The first-order valence-electron chi connectivity index (χ1n) is 29.3. The summed E-state index contributed by atoms with van der Waals surface area (Å²) < 4.78 is 0. The number of aromatic nitrogens is 1. The van der Waals surface area contributed by atoms with Crippen LogP contribution in [0.3, 0.4) is 0 Å². The molecule has 7 aromatic rings. The summed E-state index contributed by atoms with van der Waals surface area (Å²) in [5.41, 5.74) is 21.8. The van der Waals surface area contributed by atoms with Crippen LogP contribution in [0.4, 0.5) is 0 Å². The van der Waals surface area contributed by atoms with Crippen LogP contribution >= 0.6 is 11.6 Å². The van der Waals surface area contributed by atoms with Crippen LogP contribution in [0, 0.1) is 5.92 Å². The highest BCUT2D eigenvalue weighted by Crippen LogP contribution is 2.22. The molecule has 0 aliphatic heterocycles. The number of carbonyl (C=O) groups is 8. The number of halogens is 1. The molecule has 0 unspecified atom stereocenters. The minimum Gasteiger partial charge on any atom is -0.508 e. The minimum absolute atomic E-state index is 0.0357. The average Bonchev–Trinajstić information content (AvgIpc) is 4.18. The molecule has 9 atom stereocenters. The van der Waals surface area contributed by atoms with Crippen molar-refractivity contribution >= 4 is 80.5 Å². The van der Waals surface area contributed by atoms with Crippen LogP contribution in [0.2, 0.25) is 5.02 Å². The van der Waals surface area contributed by atoms with Gasteiger partial charge in [0.1, 0.15) is 48.0 Å².